The molecule has 9 heteroatoms. The number of aryl methyl sites for hydroxylation is 1. The molecule has 0 fully saturated rings. The molecule has 1 aliphatic heterocycles. The largest absolute Gasteiger partial charge is 0.479 e. The molecule has 0 saturated carbocycles. The van der Waals surface area contributed by atoms with Gasteiger partial charge in [0.2, 0.25) is 0 Å². The highest BCUT2D eigenvalue weighted by molar-refractivity contribution is 6.42. The molecule has 1 aromatic heterocycles. The summed E-state index contributed by atoms with van der Waals surface area (Å²) in [5, 5.41) is 11.7. The van der Waals surface area contributed by atoms with Crippen LogP contribution in [0.3, 0.4) is 0 Å². The van der Waals surface area contributed by atoms with Crippen molar-refractivity contribution in [3.63, 3.8) is 0 Å². The molecule has 0 bridgehead atoms. The van der Waals surface area contributed by atoms with Gasteiger partial charge in [0.1, 0.15) is 22.4 Å². The van der Waals surface area contributed by atoms with Crippen LogP contribution in [0.25, 0.3) is 11.4 Å². The summed E-state index contributed by atoms with van der Waals surface area (Å²) in [4.78, 5) is 12.6. The van der Waals surface area contributed by atoms with Gasteiger partial charge in [-0.25, -0.2) is 4.39 Å². The van der Waals surface area contributed by atoms with Gasteiger partial charge in [-0.3, -0.25) is 4.79 Å². The zero-order valence-electron chi connectivity index (χ0n) is 16.9. The molecule has 2 heterocycles. The SMILES string of the molecule is CC(Oc1cccc(Cl)c1Cl)C(=O)Nc1cc(-c2nnc3n2CCCCC3)ccc1F. The van der Waals surface area contributed by atoms with Crippen molar-refractivity contribution in [1.82, 2.24) is 14.8 Å². The van der Waals surface area contributed by atoms with Crippen LogP contribution in [0.5, 0.6) is 5.75 Å². The van der Waals surface area contributed by atoms with E-state index in [4.69, 9.17) is 27.9 Å². The van der Waals surface area contributed by atoms with Crippen LogP contribution in [0, 0.1) is 5.82 Å². The van der Waals surface area contributed by atoms with E-state index in [2.05, 4.69) is 20.1 Å². The number of nitrogens with zero attached hydrogens (tertiary/aromatic N) is 3. The highest BCUT2D eigenvalue weighted by Gasteiger charge is 2.21. The van der Waals surface area contributed by atoms with Crippen LogP contribution in [0.4, 0.5) is 10.1 Å². The number of carbonyl (C=O) groups is 1. The normalized spacial score (nSPS) is 14.5. The monoisotopic (exact) mass is 462 g/mol. The van der Waals surface area contributed by atoms with Crippen LogP contribution in [0.1, 0.15) is 32.0 Å². The summed E-state index contributed by atoms with van der Waals surface area (Å²) < 4.78 is 22.1. The molecule has 4 rings (SSSR count). The van der Waals surface area contributed by atoms with Crippen LogP contribution < -0.4 is 10.1 Å². The van der Waals surface area contributed by atoms with E-state index in [1.165, 1.54) is 6.07 Å². The molecule has 1 aliphatic rings. The molecule has 1 unspecified atom stereocenters. The molecule has 0 radical (unpaired) electrons. The topological polar surface area (TPSA) is 69.0 Å². The molecule has 1 amide bonds. The summed E-state index contributed by atoms with van der Waals surface area (Å²) in [6.45, 7) is 2.37. The predicted octanol–water partition coefficient (Wildman–Crippen LogP) is 5.52. The predicted molar refractivity (Wildman–Crippen MR) is 118 cm³/mol. The van der Waals surface area contributed by atoms with Crippen LogP contribution in [-0.4, -0.2) is 26.8 Å². The van der Waals surface area contributed by atoms with Crippen molar-refractivity contribution in [1.29, 1.82) is 0 Å². The Kier molecular flexibility index (Phi) is 6.43. The number of ether oxygens (including phenoxy) is 1. The number of fused-ring (bicyclic) bond motifs is 1. The molecule has 6 nitrogen and oxygen atoms in total. The molecule has 31 heavy (non-hydrogen) atoms. The smallest absolute Gasteiger partial charge is 0.265 e. The fourth-order valence-electron chi connectivity index (χ4n) is 3.51. The number of carbonyl (C=O) groups excluding carboxylic acids is 1. The molecule has 0 saturated heterocycles. The quantitative estimate of drug-likeness (QED) is 0.541. The van der Waals surface area contributed by atoms with Gasteiger partial charge in [-0.05, 0) is 50.1 Å². The number of hydrogen-bond donors (Lipinski definition) is 1. The molecule has 0 aliphatic carbocycles. The Morgan fingerprint density at radius 2 is 2.03 bits per heavy atom. The van der Waals surface area contributed by atoms with Gasteiger partial charge in [0, 0.05) is 18.5 Å². The Bertz CT molecular complexity index is 1120. The molecular formula is C22H21Cl2FN4O2. The van der Waals surface area contributed by atoms with Gasteiger partial charge >= 0.3 is 0 Å². The van der Waals surface area contributed by atoms with Crippen molar-refractivity contribution in [2.24, 2.45) is 0 Å². The van der Waals surface area contributed by atoms with E-state index in [9.17, 15) is 9.18 Å². The van der Waals surface area contributed by atoms with Crippen molar-refractivity contribution >= 4 is 34.8 Å². The van der Waals surface area contributed by atoms with Crippen LogP contribution in [0.15, 0.2) is 36.4 Å². The van der Waals surface area contributed by atoms with Crippen molar-refractivity contribution in [3.05, 3.63) is 58.1 Å². The van der Waals surface area contributed by atoms with E-state index in [1.807, 2.05) is 0 Å². The number of halogens is 3. The third-order valence-corrected chi connectivity index (χ3v) is 5.98. The standard InChI is InChI=1S/C22H21Cl2FN4O2/c1-13(31-18-7-5-6-15(23)20(18)24)22(30)26-17-12-14(9-10-16(17)25)21-28-27-19-8-3-2-4-11-29(19)21/h5-7,9-10,12-13H,2-4,8,11H2,1H3,(H,26,30). The first-order valence-electron chi connectivity index (χ1n) is 10.1. The van der Waals surface area contributed by atoms with Crippen molar-refractivity contribution in [2.75, 3.05) is 5.32 Å². The van der Waals surface area contributed by atoms with Crippen molar-refractivity contribution < 1.29 is 13.9 Å². The summed E-state index contributed by atoms with van der Waals surface area (Å²) >= 11 is 12.1. The van der Waals surface area contributed by atoms with Gasteiger partial charge in [-0.15, -0.1) is 10.2 Å². The van der Waals surface area contributed by atoms with Crippen molar-refractivity contribution in [3.8, 4) is 17.1 Å². The first-order valence-corrected chi connectivity index (χ1v) is 10.8. The number of aromatic nitrogens is 3. The van der Waals surface area contributed by atoms with E-state index in [-0.39, 0.29) is 16.5 Å². The average Bonchev–Trinajstić information content (AvgIpc) is 3.01. The highest BCUT2D eigenvalue weighted by atomic mass is 35.5. The first kappa shape index (κ1) is 21.6. The lowest BCUT2D eigenvalue weighted by atomic mass is 10.1. The van der Waals surface area contributed by atoms with E-state index in [0.29, 0.717) is 16.4 Å². The van der Waals surface area contributed by atoms with Crippen LogP contribution in [-0.2, 0) is 17.8 Å². The molecular weight excluding hydrogens is 442 g/mol. The minimum absolute atomic E-state index is 0.0427. The van der Waals surface area contributed by atoms with Crippen molar-refractivity contribution in [2.45, 2.75) is 45.3 Å². The molecule has 1 N–H and O–H groups in total. The van der Waals surface area contributed by atoms with E-state index in [1.54, 1.807) is 37.3 Å². The fourth-order valence-corrected chi connectivity index (χ4v) is 3.85. The van der Waals surface area contributed by atoms with Crippen LogP contribution >= 0.6 is 23.2 Å². The Morgan fingerprint density at radius 3 is 2.87 bits per heavy atom. The molecule has 0 spiro atoms. The molecule has 162 valence electrons. The fraction of sp³-hybridized carbons (Fsp3) is 0.318. The Labute approximate surface area is 189 Å². The Morgan fingerprint density at radius 1 is 1.19 bits per heavy atom. The lowest BCUT2D eigenvalue weighted by Gasteiger charge is -2.17. The van der Waals surface area contributed by atoms with Gasteiger partial charge in [-0.1, -0.05) is 35.7 Å². The maximum absolute atomic E-state index is 14.4. The second-order valence-electron chi connectivity index (χ2n) is 7.40. The number of benzene rings is 2. The number of amides is 1. The minimum Gasteiger partial charge on any atom is -0.479 e. The maximum atomic E-state index is 14.4. The summed E-state index contributed by atoms with van der Waals surface area (Å²) in [5.74, 6) is 0.801. The third kappa shape index (κ3) is 4.67. The van der Waals surface area contributed by atoms with Gasteiger partial charge in [0.05, 0.1) is 10.7 Å². The molecule has 3 aromatic rings. The lowest BCUT2D eigenvalue weighted by Crippen LogP contribution is -2.30. The summed E-state index contributed by atoms with van der Waals surface area (Å²) in [6, 6.07) is 9.40. The van der Waals surface area contributed by atoms with E-state index >= 15 is 0 Å². The van der Waals surface area contributed by atoms with Gasteiger partial charge in [0.15, 0.2) is 11.9 Å². The van der Waals surface area contributed by atoms with E-state index in [0.717, 1.165) is 38.1 Å². The van der Waals surface area contributed by atoms with Gasteiger partial charge in [-0.2, -0.15) is 0 Å². The Balaban J connectivity index is 1.53. The molecule has 1 atom stereocenters. The summed E-state index contributed by atoms with van der Waals surface area (Å²) in [6.07, 6.45) is 3.21. The summed E-state index contributed by atoms with van der Waals surface area (Å²) in [7, 11) is 0. The lowest BCUT2D eigenvalue weighted by molar-refractivity contribution is -0.122. The van der Waals surface area contributed by atoms with Gasteiger partial charge in [0.25, 0.3) is 5.91 Å². The Hall–Kier alpha value is -2.64. The number of rotatable bonds is 5. The second kappa shape index (κ2) is 9.24. The minimum atomic E-state index is -0.927. The number of anilines is 1. The highest BCUT2D eigenvalue weighted by Crippen LogP contribution is 2.32. The number of nitrogens with one attached hydrogen (secondary N) is 1. The average molecular weight is 463 g/mol. The number of hydrogen-bond acceptors (Lipinski definition) is 4. The maximum Gasteiger partial charge on any atom is 0.265 e. The van der Waals surface area contributed by atoms with Crippen LogP contribution in [0.2, 0.25) is 10.0 Å². The zero-order valence-corrected chi connectivity index (χ0v) is 18.4. The van der Waals surface area contributed by atoms with E-state index < -0.39 is 17.8 Å². The molecule has 2 aromatic carbocycles. The zero-order chi connectivity index (χ0) is 22.0. The van der Waals surface area contributed by atoms with Gasteiger partial charge < -0.3 is 14.6 Å². The third-order valence-electron chi connectivity index (χ3n) is 5.18. The summed E-state index contributed by atoms with van der Waals surface area (Å²) in [5.41, 5.74) is 0.727. The second-order valence-corrected chi connectivity index (χ2v) is 8.18. The first-order chi connectivity index (χ1) is 14.9.